The number of nitrogens with zero attached hydrogens (tertiary/aromatic N) is 2. The van der Waals surface area contributed by atoms with Gasteiger partial charge in [0.15, 0.2) is 5.78 Å². The van der Waals surface area contributed by atoms with E-state index >= 15 is 0 Å². The van der Waals surface area contributed by atoms with Crippen LogP contribution in [0.15, 0.2) is 17.6 Å². The van der Waals surface area contributed by atoms with Gasteiger partial charge in [0.1, 0.15) is 21.9 Å². The number of rotatable bonds is 9. The molecule has 11 nitrogen and oxygen atoms in total. The Morgan fingerprint density at radius 1 is 1.13 bits per heavy atom. The molecule has 4 aliphatic carbocycles. The fourth-order valence-corrected chi connectivity index (χ4v) is 10.1. The lowest BCUT2D eigenvalue weighted by molar-refractivity contribution is -0.143. The van der Waals surface area contributed by atoms with Crippen LogP contribution in [0.1, 0.15) is 86.0 Å². The molecule has 0 bridgehead atoms. The van der Waals surface area contributed by atoms with Gasteiger partial charge in [-0.2, -0.15) is 0 Å². The molecule has 3 N–H and O–H groups in total. The second-order valence-electron chi connectivity index (χ2n) is 16.5. The quantitative estimate of drug-likeness (QED) is 0.324. The molecule has 5 fully saturated rings. The number of Topliss-reactive ketones (excluding diaryl/α,β-unsaturated/α-hetero) is 1. The summed E-state index contributed by atoms with van der Waals surface area (Å²) < 4.78 is 24.6. The van der Waals surface area contributed by atoms with Gasteiger partial charge < -0.3 is 20.9 Å². The average molecular weight is 660 g/mol. The molecule has 256 valence electrons. The summed E-state index contributed by atoms with van der Waals surface area (Å²) in [5, 5.41) is 8.89. The van der Waals surface area contributed by atoms with Gasteiger partial charge in [0.05, 0.1) is 29.6 Å². The van der Waals surface area contributed by atoms with Crippen molar-refractivity contribution in [2.45, 2.75) is 110 Å². The molecule has 46 heavy (non-hydrogen) atoms. The van der Waals surface area contributed by atoms with E-state index in [2.05, 4.69) is 41.4 Å². The van der Waals surface area contributed by atoms with Crippen LogP contribution < -0.4 is 16.0 Å². The number of sulfone groups is 1. The van der Waals surface area contributed by atoms with Gasteiger partial charge in [-0.25, -0.2) is 13.2 Å². The Kier molecular flexibility index (Phi) is 9.29. The lowest BCUT2D eigenvalue weighted by Gasteiger charge is -2.48. The van der Waals surface area contributed by atoms with E-state index in [0.717, 1.165) is 32.1 Å². The number of fused-ring (bicyclic) bond motifs is 2. The second kappa shape index (κ2) is 12.4. The van der Waals surface area contributed by atoms with Gasteiger partial charge in [-0.15, -0.1) is 6.58 Å². The molecule has 0 aromatic rings. The van der Waals surface area contributed by atoms with Crippen LogP contribution in [0.25, 0.3) is 0 Å². The number of aliphatic imine (C=N–C) groups is 1. The van der Waals surface area contributed by atoms with Crippen molar-refractivity contribution in [3.05, 3.63) is 12.7 Å². The number of urea groups is 1. The molecule has 12 heteroatoms. The third kappa shape index (κ3) is 7.06. The van der Waals surface area contributed by atoms with Crippen LogP contribution in [-0.2, 0) is 24.2 Å². The topological polar surface area (TPSA) is 154 Å². The lowest BCUT2D eigenvalue weighted by Crippen LogP contribution is -2.63. The van der Waals surface area contributed by atoms with E-state index in [4.69, 9.17) is 0 Å². The van der Waals surface area contributed by atoms with Crippen molar-refractivity contribution >= 4 is 39.2 Å². The normalized spacial score (nSPS) is 32.8. The monoisotopic (exact) mass is 659 g/mol. The summed E-state index contributed by atoms with van der Waals surface area (Å²) in [6.45, 7) is 14.3. The predicted octanol–water partition coefficient (Wildman–Crippen LogP) is 3.04. The molecule has 7 unspecified atom stereocenters. The highest BCUT2D eigenvalue weighted by Gasteiger charge is 2.61. The molecule has 0 radical (unpaired) electrons. The third-order valence-corrected chi connectivity index (χ3v) is 12.3. The van der Waals surface area contributed by atoms with E-state index in [1.807, 2.05) is 20.8 Å². The van der Waals surface area contributed by atoms with Gasteiger partial charge in [-0.3, -0.25) is 19.4 Å². The smallest absolute Gasteiger partial charge is 0.315 e. The second-order valence-corrected chi connectivity index (χ2v) is 18.6. The Bertz CT molecular complexity index is 1410. The highest BCUT2D eigenvalue weighted by molar-refractivity contribution is 7.90. The van der Waals surface area contributed by atoms with Gasteiger partial charge in [0.2, 0.25) is 11.8 Å². The molecule has 1 saturated heterocycles. The van der Waals surface area contributed by atoms with Crippen molar-refractivity contribution in [1.82, 2.24) is 20.9 Å². The first-order valence-electron chi connectivity index (χ1n) is 16.9. The van der Waals surface area contributed by atoms with Crippen LogP contribution in [0.5, 0.6) is 0 Å². The molecule has 1 heterocycles. The van der Waals surface area contributed by atoms with E-state index in [9.17, 15) is 27.6 Å². The molecule has 7 atom stereocenters. The van der Waals surface area contributed by atoms with Gasteiger partial charge in [0.25, 0.3) is 0 Å². The zero-order valence-corrected chi connectivity index (χ0v) is 29.2. The summed E-state index contributed by atoms with van der Waals surface area (Å²) in [6, 6.07) is -2.98. The number of nitrogens with one attached hydrogen (secondary N) is 3. The Labute approximate surface area is 274 Å². The number of hydrogen-bond donors (Lipinski definition) is 3. The third-order valence-electron chi connectivity index (χ3n) is 11.2. The standard InChI is InChI=1S/C34H53N5O6S/c1-8-14-35-25-21-15-20(21)16-24(27(25)40)36-29(41)26-22-17-33(5,6)23(22)18-39(26)30(42)28(32(2,3)4)37-31(43)38-34(19-46(7,44)45)12-10-9-11-13-34/h8,20-24,26,28H,1,9-19H2,2-7H3,(H,36,41)(H2,37,38,43). The fraction of sp³-hybridized carbons (Fsp3) is 0.794. The van der Waals surface area contributed by atoms with Crippen molar-refractivity contribution in [3.8, 4) is 0 Å². The lowest BCUT2D eigenvalue weighted by atomic mass is 9.55. The van der Waals surface area contributed by atoms with Crippen LogP contribution in [0.4, 0.5) is 4.79 Å². The summed E-state index contributed by atoms with van der Waals surface area (Å²) in [4.78, 5) is 61.6. The summed E-state index contributed by atoms with van der Waals surface area (Å²) in [5.41, 5.74) is -1.11. The first-order valence-corrected chi connectivity index (χ1v) is 19.0. The Balaban J connectivity index is 1.35. The first-order chi connectivity index (χ1) is 21.4. The van der Waals surface area contributed by atoms with E-state index in [1.165, 1.54) is 6.26 Å². The largest absolute Gasteiger partial charge is 0.344 e. The Morgan fingerprint density at radius 2 is 1.80 bits per heavy atom. The number of carbonyl (C=O) groups is 4. The molecule has 0 aromatic heterocycles. The van der Waals surface area contributed by atoms with Crippen LogP contribution in [0.2, 0.25) is 0 Å². The van der Waals surface area contributed by atoms with Crippen molar-refractivity contribution < 1.29 is 27.6 Å². The number of amides is 4. The minimum absolute atomic E-state index is 0.0464. The van der Waals surface area contributed by atoms with Crippen molar-refractivity contribution in [2.75, 3.05) is 25.1 Å². The van der Waals surface area contributed by atoms with Crippen LogP contribution in [-0.4, -0.2) is 91.4 Å². The summed E-state index contributed by atoms with van der Waals surface area (Å²) in [5.74, 6) is -0.426. The van der Waals surface area contributed by atoms with E-state index in [1.54, 1.807) is 11.0 Å². The maximum atomic E-state index is 14.5. The van der Waals surface area contributed by atoms with Gasteiger partial charge in [-0.1, -0.05) is 60.0 Å². The Hall–Kier alpha value is -2.76. The number of carbonyl (C=O) groups excluding carboxylic acids is 4. The summed E-state index contributed by atoms with van der Waals surface area (Å²) in [6.07, 6.45) is 8.78. The SMILES string of the molecule is C=CCN=C1C(=O)C(NC(=O)C2C3CC(C)(C)C3CN2C(=O)C(NC(=O)NC2(CS(C)(=O)=O)CCCCC2)C(C)(C)C)CC2CC12. The molecule has 1 aliphatic heterocycles. The number of ketones is 1. The fourth-order valence-electron chi connectivity index (χ4n) is 8.77. The van der Waals surface area contributed by atoms with Crippen molar-refractivity contribution in [1.29, 1.82) is 0 Å². The maximum Gasteiger partial charge on any atom is 0.315 e. The van der Waals surface area contributed by atoms with Crippen LogP contribution in [0, 0.1) is 34.5 Å². The van der Waals surface area contributed by atoms with Crippen LogP contribution >= 0.6 is 0 Å². The van der Waals surface area contributed by atoms with Gasteiger partial charge in [0, 0.05) is 18.7 Å². The van der Waals surface area contributed by atoms with Crippen LogP contribution in [0.3, 0.4) is 0 Å². The first kappa shape index (κ1) is 34.6. The predicted molar refractivity (Wildman–Crippen MR) is 177 cm³/mol. The zero-order valence-electron chi connectivity index (χ0n) is 28.4. The summed E-state index contributed by atoms with van der Waals surface area (Å²) >= 11 is 0. The molecule has 0 spiro atoms. The molecule has 0 aromatic carbocycles. The molecule has 4 amide bonds. The molecule has 5 aliphatic rings. The van der Waals surface area contributed by atoms with Crippen molar-refractivity contribution in [2.24, 2.45) is 39.5 Å². The number of likely N-dealkylation sites (tertiary alicyclic amines) is 1. The molecule has 5 rings (SSSR count). The minimum atomic E-state index is -3.37. The molecule has 4 saturated carbocycles. The summed E-state index contributed by atoms with van der Waals surface area (Å²) in [7, 11) is -3.37. The molecular formula is C34H53N5O6S. The molecular weight excluding hydrogens is 606 g/mol. The van der Waals surface area contributed by atoms with Gasteiger partial charge in [-0.05, 0) is 60.7 Å². The maximum absolute atomic E-state index is 14.5. The Morgan fingerprint density at radius 3 is 2.39 bits per heavy atom. The van der Waals surface area contributed by atoms with E-state index < -0.39 is 44.9 Å². The van der Waals surface area contributed by atoms with Crippen molar-refractivity contribution in [3.63, 3.8) is 0 Å². The van der Waals surface area contributed by atoms with E-state index in [-0.39, 0.29) is 46.5 Å². The highest BCUT2D eigenvalue weighted by Crippen LogP contribution is 2.57. The average Bonchev–Trinajstić information content (AvgIpc) is 3.62. The number of hydrogen-bond acceptors (Lipinski definition) is 7. The minimum Gasteiger partial charge on any atom is -0.344 e. The van der Waals surface area contributed by atoms with E-state index in [0.29, 0.717) is 44.0 Å². The zero-order chi connectivity index (χ0) is 33.8. The highest BCUT2D eigenvalue weighted by atomic mass is 32.2. The van der Waals surface area contributed by atoms with Gasteiger partial charge >= 0.3 is 6.03 Å².